The lowest BCUT2D eigenvalue weighted by Gasteiger charge is -2.33. The lowest BCUT2D eigenvalue weighted by molar-refractivity contribution is 0.126. The molecule has 1 fully saturated rings. The first-order valence-electron chi connectivity index (χ1n) is 7.45. The highest BCUT2D eigenvalue weighted by Crippen LogP contribution is 2.42. The van der Waals surface area contributed by atoms with Crippen LogP contribution in [0.3, 0.4) is 0 Å². The summed E-state index contributed by atoms with van der Waals surface area (Å²) in [5.41, 5.74) is 2.16. The molecule has 2 nitrogen and oxygen atoms in total. The summed E-state index contributed by atoms with van der Waals surface area (Å²) in [4.78, 5) is 0. The summed E-state index contributed by atoms with van der Waals surface area (Å²) >= 11 is 12.2. The number of aliphatic hydroxyl groups is 1. The second-order valence-electron chi connectivity index (χ2n) is 6.04. The Kier molecular flexibility index (Phi) is 4.74. The van der Waals surface area contributed by atoms with Gasteiger partial charge in [0.1, 0.15) is 0 Å². The summed E-state index contributed by atoms with van der Waals surface area (Å²) in [5, 5.41) is 14.7. The first-order valence-corrected chi connectivity index (χ1v) is 8.21. The molecule has 1 aliphatic heterocycles. The van der Waals surface area contributed by atoms with Gasteiger partial charge in [-0.2, -0.15) is 0 Å². The maximum absolute atomic E-state index is 10.1. The van der Waals surface area contributed by atoms with Crippen LogP contribution in [-0.4, -0.2) is 24.8 Å². The average molecular weight is 336 g/mol. The van der Waals surface area contributed by atoms with Gasteiger partial charge in [-0.05, 0) is 29.7 Å². The number of hydrogen-bond donors (Lipinski definition) is 2. The Balaban J connectivity index is 1.93. The van der Waals surface area contributed by atoms with E-state index >= 15 is 0 Å². The monoisotopic (exact) mass is 335 g/mol. The lowest BCUT2D eigenvalue weighted by atomic mass is 9.71. The molecule has 0 radical (unpaired) electrons. The number of halogens is 2. The molecule has 2 N–H and O–H groups in total. The van der Waals surface area contributed by atoms with Crippen LogP contribution in [0.1, 0.15) is 17.0 Å². The highest BCUT2D eigenvalue weighted by Gasteiger charge is 2.43. The maximum Gasteiger partial charge on any atom is 0.0595 e. The normalized spacial score (nSPS) is 24.6. The van der Waals surface area contributed by atoms with Crippen LogP contribution in [0, 0.1) is 5.41 Å². The van der Waals surface area contributed by atoms with Gasteiger partial charge in [-0.25, -0.2) is 0 Å². The molecule has 1 heterocycles. The Morgan fingerprint density at radius 3 is 2.55 bits per heavy atom. The minimum absolute atomic E-state index is 0.139. The fraction of sp³-hybridized carbons (Fsp3) is 0.333. The molecule has 3 rings (SSSR count). The molecule has 22 heavy (non-hydrogen) atoms. The number of hydrogen-bond acceptors (Lipinski definition) is 2. The van der Waals surface area contributed by atoms with Gasteiger partial charge in [-0.15, -0.1) is 0 Å². The number of rotatable bonds is 4. The molecule has 1 aliphatic rings. The molecule has 116 valence electrons. The van der Waals surface area contributed by atoms with Gasteiger partial charge in [-0.3, -0.25) is 0 Å². The summed E-state index contributed by atoms with van der Waals surface area (Å²) in [6.45, 7) is 1.77. The van der Waals surface area contributed by atoms with Crippen LogP contribution in [0.15, 0.2) is 48.5 Å². The van der Waals surface area contributed by atoms with E-state index in [0.717, 1.165) is 25.1 Å². The quantitative estimate of drug-likeness (QED) is 0.887. The van der Waals surface area contributed by atoms with Crippen LogP contribution in [0.25, 0.3) is 0 Å². The molecule has 2 aromatic rings. The van der Waals surface area contributed by atoms with Crippen molar-refractivity contribution >= 4 is 23.2 Å². The molecule has 2 aromatic carbocycles. The van der Waals surface area contributed by atoms with Crippen molar-refractivity contribution < 1.29 is 5.11 Å². The molecule has 0 aromatic heterocycles. The molecule has 0 unspecified atom stereocenters. The molecule has 0 saturated carbocycles. The minimum atomic E-state index is -0.210. The Morgan fingerprint density at radius 1 is 1.09 bits per heavy atom. The summed E-state index contributed by atoms with van der Waals surface area (Å²) in [5.74, 6) is 0.215. The van der Waals surface area contributed by atoms with E-state index in [2.05, 4.69) is 17.4 Å². The second-order valence-corrected chi connectivity index (χ2v) is 6.85. The van der Waals surface area contributed by atoms with Crippen LogP contribution < -0.4 is 5.32 Å². The lowest BCUT2D eigenvalue weighted by Crippen LogP contribution is -2.35. The third-order valence-corrected chi connectivity index (χ3v) is 5.36. The third kappa shape index (κ3) is 3.02. The predicted molar refractivity (Wildman–Crippen MR) is 91.7 cm³/mol. The van der Waals surface area contributed by atoms with Crippen molar-refractivity contribution in [3.63, 3.8) is 0 Å². The van der Waals surface area contributed by atoms with Crippen LogP contribution >= 0.6 is 23.2 Å². The van der Waals surface area contributed by atoms with E-state index in [4.69, 9.17) is 23.2 Å². The highest BCUT2D eigenvalue weighted by molar-refractivity contribution is 6.42. The summed E-state index contributed by atoms with van der Waals surface area (Å²) in [6, 6.07) is 16.1. The SMILES string of the molecule is OC[C@@]1(Cc2ccccc2)CNC[C@H]1c1ccc(Cl)c(Cl)c1. The zero-order valence-electron chi connectivity index (χ0n) is 12.2. The van der Waals surface area contributed by atoms with Gasteiger partial charge < -0.3 is 10.4 Å². The van der Waals surface area contributed by atoms with Crippen molar-refractivity contribution in [3.8, 4) is 0 Å². The molecular formula is C18H19Cl2NO. The van der Waals surface area contributed by atoms with Crippen molar-refractivity contribution in [3.05, 3.63) is 69.7 Å². The standard InChI is InChI=1S/C18H19Cl2NO/c19-16-7-6-14(8-17(16)20)15-10-21-11-18(15,12-22)9-13-4-2-1-3-5-13/h1-8,15,21-22H,9-12H2/t15-,18+/m0/s1. The van der Waals surface area contributed by atoms with Crippen molar-refractivity contribution in [2.45, 2.75) is 12.3 Å². The van der Waals surface area contributed by atoms with E-state index in [1.807, 2.05) is 36.4 Å². The number of benzene rings is 2. The van der Waals surface area contributed by atoms with Crippen molar-refractivity contribution in [1.29, 1.82) is 0 Å². The van der Waals surface area contributed by atoms with E-state index in [1.54, 1.807) is 0 Å². The number of aliphatic hydroxyl groups excluding tert-OH is 1. The van der Waals surface area contributed by atoms with Crippen LogP contribution in [0.2, 0.25) is 10.0 Å². The highest BCUT2D eigenvalue weighted by atomic mass is 35.5. The Morgan fingerprint density at radius 2 is 1.86 bits per heavy atom. The predicted octanol–water partition coefficient (Wildman–Crippen LogP) is 3.90. The second kappa shape index (κ2) is 6.59. The van der Waals surface area contributed by atoms with Crippen molar-refractivity contribution in [1.82, 2.24) is 5.32 Å². The summed E-state index contributed by atoms with van der Waals surface area (Å²) in [6.07, 6.45) is 0.836. The van der Waals surface area contributed by atoms with Gasteiger partial charge in [0.2, 0.25) is 0 Å². The molecular weight excluding hydrogens is 317 g/mol. The summed E-state index contributed by atoms with van der Waals surface area (Å²) in [7, 11) is 0. The largest absolute Gasteiger partial charge is 0.396 e. The average Bonchev–Trinajstić information content (AvgIpc) is 2.95. The molecule has 2 atom stereocenters. The topological polar surface area (TPSA) is 32.3 Å². The first kappa shape index (κ1) is 15.8. The fourth-order valence-corrected chi connectivity index (χ4v) is 3.72. The van der Waals surface area contributed by atoms with E-state index in [9.17, 15) is 5.11 Å². The Hall–Kier alpha value is -1.06. The van der Waals surface area contributed by atoms with E-state index in [-0.39, 0.29) is 17.9 Å². The zero-order chi connectivity index (χ0) is 15.6. The zero-order valence-corrected chi connectivity index (χ0v) is 13.7. The first-order chi connectivity index (χ1) is 10.6. The van der Waals surface area contributed by atoms with Crippen LogP contribution in [-0.2, 0) is 6.42 Å². The third-order valence-electron chi connectivity index (χ3n) is 4.62. The van der Waals surface area contributed by atoms with Gasteiger partial charge >= 0.3 is 0 Å². The molecule has 0 aliphatic carbocycles. The van der Waals surface area contributed by atoms with E-state index in [1.165, 1.54) is 5.56 Å². The van der Waals surface area contributed by atoms with Crippen LogP contribution in [0.4, 0.5) is 0 Å². The molecule has 0 amide bonds. The van der Waals surface area contributed by atoms with Gasteiger partial charge in [-0.1, -0.05) is 59.6 Å². The van der Waals surface area contributed by atoms with Gasteiger partial charge in [0.15, 0.2) is 0 Å². The minimum Gasteiger partial charge on any atom is -0.396 e. The Labute approximate surface area is 141 Å². The summed E-state index contributed by atoms with van der Waals surface area (Å²) < 4.78 is 0. The smallest absolute Gasteiger partial charge is 0.0595 e. The van der Waals surface area contributed by atoms with Crippen molar-refractivity contribution in [2.75, 3.05) is 19.7 Å². The Bertz CT molecular complexity index is 647. The van der Waals surface area contributed by atoms with Crippen molar-refractivity contribution in [2.24, 2.45) is 5.41 Å². The van der Waals surface area contributed by atoms with E-state index in [0.29, 0.717) is 10.0 Å². The van der Waals surface area contributed by atoms with Crippen LogP contribution in [0.5, 0.6) is 0 Å². The molecule has 1 saturated heterocycles. The van der Waals surface area contributed by atoms with E-state index < -0.39 is 0 Å². The molecule has 0 spiro atoms. The van der Waals surface area contributed by atoms with Gasteiger partial charge in [0.25, 0.3) is 0 Å². The maximum atomic E-state index is 10.1. The molecule has 4 heteroatoms. The van der Waals surface area contributed by atoms with Gasteiger partial charge in [0.05, 0.1) is 16.7 Å². The van der Waals surface area contributed by atoms with Gasteiger partial charge in [0, 0.05) is 24.4 Å². The number of nitrogens with one attached hydrogen (secondary N) is 1. The molecule has 0 bridgehead atoms. The fourth-order valence-electron chi connectivity index (χ4n) is 3.42.